The van der Waals surface area contributed by atoms with Gasteiger partial charge in [-0.05, 0) is 50.6 Å². The number of imidazole rings is 1. The summed E-state index contributed by atoms with van der Waals surface area (Å²) in [6.45, 7) is 6.01. The van der Waals surface area contributed by atoms with Crippen molar-refractivity contribution >= 4 is 5.69 Å². The Balaban J connectivity index is 1.37. The monoisotopic (exact) mass is 300 g/mol. The zero-order chi connectivity index (χ0) is 15.2. The van der Waals surface area contributed by atoms with Crippen molar-refractivity contribution in [2.45, 2.75) is 32.4 Å². The smallest absolute Gasteiger partial charge is 0.142 e. The lowest BCUT2D eigenvalue weighted by Gasteiger charge is -2.25. The third kappa shape index (κ3) is 4.01. The maximum absolute atomic E-state index is 5.79. The Labute approximate surface area is 131 Å². The Kier molecular flexibility index (Phi) is 4.96. The van der Waals surface area contributed by atoms with Crippen LogP contribution in [0.15, 0.2) is 36.9 Å². The normalized spacial score (nSPS) is 16.7. The lowest BCUT2D eigenvalue weighted by atomic mass is 10.1. The van der Waals surface area contributed by atoms with Crippen LogP contribution in [0.5, 0.6) is 5.75 Å². The average molecular weight is 300 g/mol. The Hall–Kier alpha value is -2.01. The highest BCUT2D eigenvalue weighted by molar-refractivity contribution is 5.59. The second-order valence-electron chi connectivity index (χ2n) is 5.79. The first-order valence-electron chi connectivity index (χ1n) is 8.01. The van der Waals surface area contributed by atoms with Gasteiger partial charge in [0.15, 0.2) is 0 Å². The van der Waals surface area contributed by atoms with Gasteiger partial charge in [-0.1, -0.05) is 6.07 Å². The van der Waals surface area contributed by atoms with E-state index in [1.807, 2.05) is 18.7 Å². The molecule has 2 N–H and O–H groups in total. The van der Waals surface area contributed by atoms with Crippen LogP contribution in [0.4, 0.5) is 5.69 Å². The van der Waals surface area contributed by atoms with Crippen LogP contribution in [0.25, 0.3) is 0 Å². The molecule has 0 radical (unpaired) electrons. The molecule has 0 amide bonds. The summed E-state index contributed by atoms with van der Waals surface area (Å²) in [6, 6.07) is 6.44. The molecule has 0 saturated heterocycles. The molecule has 0 spiro atoms. The van der Waals surface area contributed by atoms with Gasteiger partial charge in [0.1, 0.15) is 11.9 Å². The number of benzene rings is 1. The van der Waals surface area contributed by atoms with Crippen LogP contribution in [-0.2, 0) is 13.0 Å². The van der Waals surface area contributed by atoms with Gasteiger partial charge in [0.2, 0.25) is 0 Å². The van der Waals surface area contributed by atoms with Crippen LogP contribution in [0.1, 0.15) is 18.9 Å². The molecule has 22 heavy (non-hydrogen) atoms. The molecule has 1 aliphatic heterocycles. The van der Waals surface area contributed by atoms with Gasteiger partial charge in [-0.15, -0.1) is 0 Å². The van der Waals surface area contributed by atoms with E-state index in [4.69, 9.17) is 4.74 Å². The maximum atomic E-state index is 5.79. The molecule has 3 rings (SSSR count). The van der Waals surface area contributed by atoms with Crippen LogP contribution >= 0.6 is 0 Å². The van der Waals surface area contributed by atoms with Gasteiger partial charge < -0.3 is 19.9 Å². The van der Waals surface area contributed by atoms with E-state index in [9.17, 15) is 0 Å². The minimum Gasteiger partial charge on any atom is -0.487 e. The summed E-state index contributed by atoms with van der Waals surface area (Å²) in [5.74, 6) is 0.968. The van der Waals surface area contributed by atoms with Gasteiger partial charge >= 0.3 is 0 Å². The molecule has 5 heteroatoms. The lowest BCUT2D eigenvalue weighted by molar-refractivity contribution is 0.226. The molecule has 1 unspecified atom stereocenters. The fourth-order valence-electron chi connectivity index (χ4n) is 2.65. The number of hydrogen-bond donors (Lipinski definition) is 2. The number of ether oxygens (including phenoxy) is 1. The van der Waals surface area contributed by atoms with Crippen LogP contribution in [0, 0.1) is 0 Å². The fraction of sp³-hybridized carbons (Fsp3) is 0.471. The van der Waals surface area contributed by atoms with E-state index in [1.54, 1.807) is 0 Å². The zero-order valence-corrected chi connectivity index (χ0v) is 13.1. The van der Waals surface area contributed by atoms with E-state index in [2.05, 4.69) is 45.3 Å². The number of rotatable bonds is 7. The standard InChI is InChI=1S/C17H24N4O/c1-14-12-20-16-11-15(3-4-17(16)22-14)5-7-18-6-2-9-21-10-8-19-13-21/h3-4,8,10-11,13-14,18,20H,2,5-7,9,12H2,1H3. The predicted octanol–water partition coefficient (Wildman–Crippen LogP) is 2.30. The van der Waals surface area contributed by atoms with E-state index < -0.39 is 0 Å². The Bertz CT molecular complexity index is 582. The number of anilines is 1. The van der Waals surface area contributed by atoms with Gasteiger partial charge in [-0.25, -0.2) is 4.98 Å². The Morgan fingerprint density at radius 2 is 2.36 bits per heavy atom. The number of fused-ring (bicyclic) bond motifs is 1. The second-order valence-corrected chi connectivity index (χ2v) is 5.79. The summed E-state index contributed by atoms with van der Waals surface area (Å²) in [5.41, 5.74) is 2.46. The van der Waals surface area contributed by atoms with E-state index in [-0.39, 0.29) is 6.10 Å². The minimum absolute atomic E-state index is 0.246. The topological polar surface area (TPSA) is 51.1 Å². The molecule has 0 bridgehead atoms. The quantitative estimate of drug-likeness (QED) is 0.770. The van der Waals surface area contributed by atoms with E-state index in [0.717, 1.165) is 50.5 Å². The van der Waals surface area contributed by atoms with Gasteiger partial charge in [-0.3, -0.25) is 0 Å². The Morgan fingerprint density at radius 1 is 1.41 bits per heavy atom. The molecule has 1 aromatic carbocycles. The van der Waals surface area contributed by atoms with Crippen molar-refractivity contribution < 1.29 is 4.74 Å². The number of aryl methyl sites for hydroxylation is 1. The molecule has 5 nitrogen and oxygen atoms in total. The fourth-order valence-corrected chi connectivity index (χ4v) is 2.65. The summed E-state index contributed by atoms with van der Waals surface area (Å²) < 4.78 is 7.90. The van der Waals surface area contributed by atoms with Gasteiger partial charge in [-0.2, -0.15) is 0 Å². The van der Waals surface area contributed by atoms with Crippen LogP contribution in [0.3, 0.4) is 0 Å². The van der Waals surface area contributed by atoms with E-state index in [1.165, 1.54) is 5.56 Å². The van der Waals surface area contributed by atoms with E-state index in [0.29, 0.717) is 0 Å². The van der Waals surface area contributed by atoms with Gasteiger partial charge in [0.25, 0.3) is 0 Å². The molecular weight excluding hydrogens is 276 g/mol. The van der Waals surface area contributed by atoms with Crippen molar-refractivity contribution in [3.8, 4) is 5.75 Å². The highest BCUT2D eigenvalue weighted by Crippen LogP contribution is 2.29. The summed E-state index contributed by atoms with van der Waals surface area (Å²) in [7, 11) is 0. The minimum atomic E-state index is 0.246. The SMILES string of the molecule is CC1CNc2cc(CCNCCCn3ccnc3)ccc2O1. The zero-order valence-electron chi connectivity index (χ0n) is 13.1. The second kappa shape index (κ2) is 7.31. The van der Waals surface area contributed by atoms with Crippen molar-refractivity contribution in [1.29, 1.82) is 0 Å². The molecule has 2 aromatic rings. The summed E-state index contributed by atoms with van der Waals surface area (Å²) in [5, 5.41) is 6.92. The molecule has 0 fully saturated rings. The van der Waals surface area contributed by atoms with Crippen LogP contribution < -0.4 is 15.4 Å². The molecule has 0 saturated carbocycles. The highest BCUT2D eigenvalue weighted by Gasteiger charge is 2.15. The van der Waals surface area contributed by atoms with Crippen LogP contribution in [-0.4, -0.2) is 35.3 Å². The molecule has 1 aliphatic rings. The largest absolute Gasteiger partial charge is 0.487 e. The van der Waals surface area contributed by atoms with E-state index >= 15 is 0 Å². The average Bonchev–Trinajstić information content (AvgIpc) is 3.04. The lowest BCUT2D eigenvalue weighted by Crippen LogP contribution is -2.27. The third-order valence-electron chi connectivity index (χ3n) is 3.87. The Morgan fingerprint density at radius 3 is 3.23 bits per heavy atom. The summed E-state index contributed by atoms with van der Waals surface area (Å²) >= 11 is 0. The molecule has 1 atom stereocenters. The first-order chi connectivity index (χ1) is 10.8. The van der Waals surface area contributed by atoms with Crippen molar-refractivity contribution in [1.82, 2.24) is 14.9 Å². The molecule has 2 heterocycles. The van der Waals surface area contributed by atoms with Crippen LogP contribution in [0.2, 0.25) is 0 Å². The number of nitrogens with zero attached hydrogens (tertiary/aromatic N) is 2. The number of nitrogens with one attached hydrogen (secondary N) is 2. The molecule has 118 valence electrons. The first kappa shape index (κ1) is 14.9. The molecule has 1 aromatic heterocycles. The van der Waals surface area contributed by atoms with Gasteiger partial charge in [0.05, 0.1) is 18.6 Å². The maximum Gasteiger partial charge on any atom is 0.142 e. The highest BCUT2D eigenvalue weighted by atomic mass is 16.5. The van der Waals surface area contributed by atoms with Crippen molar-refractivity contribution in [3.05, 3.63) is 42.5 Å². The number of aromatic nitrogens is 2. The molecular formula is C17H24N4O. The van der Waals surface area contributed by atoms with Crippen molar-refractivity contribution in [3.63, 3.8) is 0 Å². The van der Waals surface area contributed by atoms with Crippen molar-refractivity contribution in [2.75, 3.05) is 25.0 Å². The summed E-state index contributed by atoms with van der Waals surface area (Å²) in [6.07, 6.45) is 8.09. The predicted molar refractivity (Wildman–Crippen MR) is 88.4 cm³/mol. The third-order valence-corrected chi connectivity index (χ3v) is 3.87. The summed E-state index contributed by atoms with van der Waals surface area (Å²) in [4.78, 5) is 4.04. The molecule has 0 aliphatic carbocycles. The van der Waals surface area contributed by atoms with Crippen molar-refractivity contribution in [2.24, 2.45) is 0 Å². The number of hydrogen-bond acceptors (Lipinski definition) is 4. The first-order valence-corrected chi connectivity index (χ1v) is 8.01. The van der Waals surface area contributed by atoms with Gasteiger partial charge in [0, 0.05) is 18.9 Å².